The molecule has 0 unspecified atom stereocenters. The van der Waals surface area contributed by atoms with Crippen molar-refractivity contribution in [3.05, 3.63) is 140 Å². The summed E-state index contributed by atoms with van der Waals surface area (Å²) in [6, 6.07) is 51.1. The predicted molar refractivity (Wildman–Crippen MR) is 169 cm³/mol. The largest absolute Gasteiger partial charge is 0.0776 e. The zero-order valence-corrected chi connectivity index (χ0v) is 23.3. The Labute approximate surface area is 227 Å². The molecule has 0 aromatic heterocycles. The smallest absolute Gasteiger partial charge is 0.0656 e. The van der Waals surface area contributed by atoms with Gasteiger partial charge < -0.3 is 0 Å². The quantitative estimate of drug-likeness (QED) is 0.205. The van der Waals surface area contributed by atoms with Crippen molar-refractivity contribution in [2.45, 2.75) is 19.6 Å². The van der Waals surface area contributed by atoms with Crippen LogP contribution in [0.1, 0.15) is 0 Å². The molecule has 0 heterocycles. The van der Waals surface area contributed by atoms with Crippen LogP contribution in [0.5, 0.6) is 0 Å². The number of hydrogen-bond donors (Lipinski definition) is 0. The van der Waals surface area contributed by atoms with Gasteiger partial charge in [-0.1, -0.05) is 158 Å². The van der Waals surface area contributed by atoms with E-state index in [1.54, 1.807) is 0 Å². The molecule has 0 saturated carbocycles. The maximum absolute atomic E-state index is 2.40. The van der Waals surface area contributed by atoms with Crippen molar-refractivity contribution in [1.82, 2.24) is 0 Å². The zero-order valence-electron chi connectivity index (χ0n) is 22.3. The van der Waals surface area contributed by atoms with E-state index in [1.807, 2.05) is 0 Å². The summed E-state index contributed by atoms with van der Waals surface area (Å²) < 4.78 is 0. The van der Waals surface area contributed by atoms with Crippen LogP contribution in [-0.4, -0.2) is 8.07 Å². The fourth-order valence-electron chi connectivity index (χ4n) is 5.10. The molecule has 184 valence electrons. The molecular formula is C37H32Si. The van der Waals surface area contributed by atoms with Crippen LogP contribution in [0.15, 0.2) is 140 Å². The maximum atomic E-state index is 2.40. The second-order valence-electron chi connectivity index (χ2n) is 11.1. The van der Waals surface area contributed by atoms with E-state index in [-0.39, 0.29) is 0 Å². The maximum Gasteiger partial charge on any atom is 0.0776 e. The van der Waals surface area contributed by atoms with Crippen LogP contribution >= 0.6 is 0 Å². The Bertz CT molecular complexity index is 1700. The van der Waals surface area contributed by atoms with Gasteiger partial charge in [-0.2, -0.15) is 0 Å². The lowest BCUT2D eigenvalue weighted by Gasteiger charge is -2.17. The van der Waals surface area contributed by atoms with Gasteiger partial charge in [0.05, 0.1) is 8.07 Å². The zero-order chi connectivity index (χ0) is 26.1. The van der Waals surface area contributed by atoms with Crippen LogP contribution in [0.2, 0.25) is 19.6 Å². The Morgan fingerprint density at radius 3 is 1.18 bits per heavy atom. The first-order chi connectivity index (χ1) is 18.4. The molecule has 0 amide bonds. The highest BCUT2D eigenvalue weighted by atomic mass is 28.3. The molecule has 0 nitrogen and oxygen atoms in total. The summed E-state index contributed by atoms with van der Waals surface area (Å²) in [6.07, 6.45) is 0. The van der Waals surface area contributed by atoms with Crippen molar-refractivity contribution in [2.75, 3.05) is 0 Å². The minimum Gasteiger partial charge on any atom is -0.0656 e. The summed E-state index contributed by atoms with van der Waals surface area (Å²) in [6.45, 7) is 7.20. The molecular weight excluding hydrogens is 472 g/mol. The first kappa shape index (κ1) is 24.2. The molecule has 0 fully saturated rings. The number of hydrogen-bond acceptors (Lipinski definition) is 0. The molecule has 0 radical (unpaired) electrons. The van der Waals surface area contributed by atoms with E-state index < -0.39 is 8.07 Å². The van der Waals surface area contributed by atoms with E-state index in [4.69, 9.17) is 0 Å². The minimum absolute atomic E-state index is 1.23. The number of rotatable bonds is 5. The van der Waals surface area contributed by atoms with Gasteiger partial charge in [-0.3, -0.25) is 0 Å². The Hall–Kier alpha value is -4.20. The second kappa shape index (κ2) is 9.93. The summed E-state index contributed by atoms with van der Waals surface area (Å²) in [5.41, 5.74) is 10.0. The van der Waals surface area contributed by atoms with Crippen LogP contribution in [0.3, 0.4) is 0 Å². The van der Waals surface area contributed by atoms with E-state index in [0.29, 0.717) is 0 Å². The fraction of sp³-hybridized carbons (Fsp3) is 0.0811. The van der Waals surface area contributed by atoms with Gasteiger partial charge >= 0.3 is 0 Å². The van der Waals surface area contributed by atoms with E-state index in [0.717, 1.165) is 0 Å². The molecule has 0 atom stereocenters. The van der Waals surface area contributed by atoms with Gasteiger partial charge in [0.15, 0.2) is 0 Å². The monoisotopic (exact) mass is 504 g/mol. The Morgan fingerprint density at radius 1 is 0.316 bits per heavy atom. The van der Waals surface area contributed by atoms with Crippen molar-refractivity contribution in [3.8, 4) is 44.5 Å². The van der Waals surface area contributed by atoms with Gasteiger partial charge in [-0.05, 0) is 61.3 Å². The summed E-state index contributed by atoms with van der Waals surface area (Å²) in [5.74, 6) is 0. The molecule has 6 rings (SSSR count). The van der Waals surface area contributed by atoms with Gasteiger partial charge in [0.2, 0.25) is 0 Å². The highest BCUT2D eigenvalue weighted by molar-refractivity contribution is 6.88. The van der Waals surface area contributed by atoms with E-state index in [1.165, 1.54) is 60.5 Å². The van der Waals surface area contributed by atoms with Crippen molar-refractivity contribution >= 4 is 24.0 Å². The third kappa shape index (κ3) is 4.98. The summed E-state index contributed by atoms with van der Waals surface area (Å²) in [4.78, 5) is 0. The van der Waals surface area contributed by atoms with E-state index in [9.17, 15) is 0 Å². The lowest BCUT2D eigenvalue weighted by atomic mass is 9.96. The molecule has 1 heteroatoms. The first-order valence-electron chi connectivity index (χ1n) is 13.4. The predicted octanol–water partition coefficient (Wildman–Crippen LogP) is 10.1. The summed E-state index contributed by atoms with van der Waals surface area (Å²) in [5, 5.41) is 4.05. The van der Waals surface area contributed by atoms with Gasteiger partial charge in [0.1, 0.15) is 0 Å². The lowest BCUT2D eigenvalue weighted by Crippen LogP contribution is -2.37. The van der Waals surface area contributed by atoms with Crippen molar-refractivity contribution in [2.24, 2.45) is 0 Å². The molecule has 0 saturated heterocycles. The third-order valence-electron chi connectivity index (χ3n) is 7.47. The Kier molecular flexibility index (Phi) is 6.31. The summed E-state index contributed by atoms with van der Waals surface area (Å²) in [7, 11) is -1.33. The van der Waals surface area contributed by atoms with Crippen molar-refractivity contribution < 1.29 is 0 Å². The van der Waals surface area contributed by atoms with Crippen molar-refractivity contribution in [3.63, 3.8) is 0 Å². The number of fused-ring (bicyclic) bond motifs is 1. The molecule has 6 aromatic rings. The van der Waals surface area contributed by atoms with Gasteiger partial charge in [-0.25, -0.2) is 0 Å². The molecule has 38 heavy (non-hydrogen) atoms. The highest BCUT2D eigenvalue weighted by Crippen LogP contribution is 2.30. The lowest BCUT2D eigenvalue weighted by molar-refractivity contribution is 1.57. The Morgan fingerprint density at radius 2 is 0.711 bits per heavy atom. The topological polar surface area (TPSA) is 0 Å². The SMILES string of the molecule is C[Si](C)(C)c1cccc(-c2ccc(-c3ccc(-c4ccc(-c5ccc6ccccc6c5)cc4)cc3)cc2)c1. The molecule has 6 aromatic carbocycles. The van der Waals surface area contributed by atoms with E-state index in [2.05, 4.69) is 159 Å². The standard InChI is InChI=1S/C37H32Si/c1-38(2,3)37-10-6-9-35(26-37)32-19-15-30(16-20-32)28-11-13-29(14-12-28)31-17-21-33(22-18-31)36-24-23-27-7-4-5-8-34(27)25-36/h4-26H,1-3H3. The molecule has 0 aliphatic rings. The van der Waals surface area contributed by atoms with Crippen LogP contribution < -0.4 is 5.19 Å². The van der Waals surface area contributed by atoms with Crippen LogP contribution in [0.25, 0.3) is 55.3 Å². The fourth-order valence-corrected chi connectivity index (χ4v) is 6.28. The molecule has 0 bridgehead atoms. The van der Waals surface area contributed by atoms with Gasteiger partial charge in [0.25, 0.3) is 0 Å². The number of benzene rings is 6. The normalized spacial score (nSPS) is 11.6. The van der Waals surface area contributed by atoms with Crippen LogP contribution in [0.4, 0.5) is 0 Å². The molecule has 0 N–H and O–H groups in total. The third-order valence-corrected chi connectivity index (χ3v) is 9.51. The minimum atomic E-state index is -1.33. The second-order valence-corrected chi connectivity index (χ2v) is 16.2. The highest BCUT2D eigenvalue weighted by Gasteiger charge is 2.16. The van der Waals surface area contributed by atoms with Crippen molar-refractivity contribution in [1.29, 1.82) is 0 Å². The molecule has 0 aliphatic carbocycles. The summed E-state index contributed by atoms with van der Waals surface area (Å²) >= 11 is 0. The average molecular weight is 505 g/mol. The Balaban J connectivity index is 1.20. The van der Waals surface area contributed by atoms with Gasteiger partial charge in [0, 0.05) is 0 Å². The molecule has 0 aliphatic heterocycles. The van der Waals surface area contributed by atoms with Gasteiger partial charge in [-0.15, -0.1) is 0 Å². The average Bonchev–Trinajstić information content (AvgIpc) is 2.97. The first-order valence-corrected chi connectivity index (χ1v) is 16.9. The van der Waals surface area contributed by atoms with Crippen LogP contribution in [-0.2, 0) is 0 Å². The molecule has 0 spiro atoms. The van der Waals surface area contributed by atoms with E-state index >= 15 is 0 Å². The van der Waals surface area contributed by atoms with Crippen LogP contribution in [0, 0.1) is 0 Å².